The predicted molar refractivity (Wildman–Crippen MR) is 80.5 cm³/mol. The summed E-state index contributed by atoms with van der Waals surface area (Å²) in [6.45, 7) is 3.57. The summed E-state index contributed by atoms with van der Waals surface area (Å²) in [5.41, 5.74) is 6.39. The molecule has 5 N–H and O–H groups in total. The van der Waals surface area contributed by atoms with Gasteiger partial charge in [-0.15, -0.1) is 11.3 Å². The van der Waals surface area contributed by atoms with Gasteiger partial charge in [0.15, 0.2) is 0 Å². The van der Waals surface area contributed by atoms with Crippen molar-refractivity contribution in [1.82, 2.24) is 10.6 Å². The van der Waals surface area contributed by atoms with E-state index in [9.17, 15) is 9.59 Å². The van der Waals surface area contributed by atoms with Crippen molar-refractivity contribution in [3.63, 3.8) is 0 Å². The van der Waals surface area contributed by atoms with Crippen LogP contribution in [-0.2, 0) is 4.74 Å². The molecule has 1 rings (SSSR count). The first-order valence-electron chi connectivity index (χ1n) is 6.24. The quantitative estimate of drug-likeness (QED) is 0.549. The highest BCUT2D eigenvalue weighted by molar-refractivity contribution is 7.19. The summed E-state index contributed by atoms with van der Waals surface area (Å²) >= 11 is 1.16. The minimum absolute atomic E-state index is 0.188. The van der Waals surface area contributed by atoms with Gasteiger partial charge in [0, 0.05) is 27.2 Å². The zero-order valence-electron chi connectivity index (χ0n) is 11.8. The average Bonchev–Trinajstić information content (AvgIpc) is 2.79. The Bertz CT molecular complexity index is 487. The normalized spacial score (nSPS) is 10.2. The third kappa shape index (κ3) is 3.61. The smallest absolute Gasteiger partial charge is 0.263 e. The number of ether oxygens (including phenoxy) is 1. The molecule has 1 heterocycles. The van der Waals surface area contributed by atoms with E-state index in [1.165, 1.54) is 14.1 Å². The van der Waals surface area contributed by atoms with Gasteiger partial charge in [-0.25, -0.2) is 0 Å². The lowest BCUT2D eigenvalue weighted by atomic mass is 10.2. The van der Waals surface area contributed by atoms with Gasteiger partial charge in [0.2, 0.25) is 0 Å². The number of anilines is 2. The second-order valence-electron chi connectivity index (χ2n) is 3.83. The highest BCUT2D eigenvalue weighted by Crippen LogP contribution is 2.35. The first-order valence-corrected chi connectivity index (χ1v) is 7.06. The molecular weight excluding hydrogens is 280 g/mol. The van der Waals surface area contributed by atoms with Crippen molar-refractivity contribution in [2.75, 3.05) is 44.9 Å². The van der Waals surface area contributed by atoms with E-state index in [1.807, 2.05) is 6.92 Å². The third-order valence-electron chi connectivity index (χ3n) is 2.57. The Morgan fingerprint density at radius 2 is 1.90 bits per heavy atom. The summed E-state index contributed by atoms with van der Waals surface area (Å²) < 4.78 is 5.22. The van der Waals surface area contributed by atoms with Crippen LogP contribution in [0.4, 0.5) is 10.7 Å². The molecule has 0 aliphatic rings. The molecule has 0 saturated carbocycles. The number of nitrogens with two attached hydrogens (primary N) is 1. The Kier molecular flexibility index (Phi) is 6.26. The molecule has 7 nitrogen and oxygen atoms in total. The second-order valence-corrected chi connectivity index (χ2v) is 4.85. The van der Waals surface area contributed by atoms with E-state index >= 15 is 0 Å². The van der Waals surface area contributed by atoms with E-state index in [2.05, 4.69) is 16.0 Å². The number of nitrogen functional groups attached to an aromatic ring is 1. The number of hydrogen-bond acceptors (Lipinski definition) is 6. The number of hydrogen-bond donors (Lipinski definition) is 4. The number of carbonyl (C=O) groups excluding carboxylic acids is 2. The molecule has 0 aromatic carbocycles. The molecule has 0 bridgehead atoms. The van der Waals surface area contributed by atoms with Gasteiger partial charge >= 0.3 is 0 Å². The highest BCUT2D eigenvalue weighted by atomic mass is 32.1. The number of nitrogens with one attached hydrogen (secondary N) is 3. The van der Waals surface area contributed by atoms with E-state index in [0.717, 1.165) is 11.3 Å². The Morgan fingerprint density at radius 1 is 1.25 bits per heavy atom. The number of thiophene rings is 1. The molecule has 0 aliphatic carbocycles. The summed E-state index contributed by atoms with van der Waals surface area (Å²) in [5, 5.41) is 8.67. The van der Waals surface area contributed by atoms with E-state index in [1.54, 1.807) is 0 Å². The molecule has 112 valence electrons. The lowest BCUT2D eigenvalue weighted by molar-refractivity contribution is 0.0963. The number of carbonyl (C=O) groups is 2. The molecule has 0 fully saturated rings. The van der Waals surface area contributed by atoms with Crippen LogP contribution in [0.15, 0.2) is 0 Å². The van der Waals surface area contributed by atoms with Crippen LogP contribution < -0.4 is 21.7 Å². The molecule has 0 radical (unpaired) electrons. The van der Waals surface area contributed by atoms with Gasteiger partial charge in [0.05, 0.1) is 17.9 Å². The SMILES string of the molecule is CCOCCNc1sc(C(=O)NC)c(N)c1C(=O)NC. The van der Waals surface area contributed by atoms with Crippen LogP contribution in [0.2, 0.25) is 0 Å². The van der Waals surface area contributed by atoms with Crippen LogP contribution in [0.1, 0.15) is 27.0 Å². The molecule has 1 aromatic rings. The summed E-state index contributed by atoms with van der Waals surface area (Å²) in [6.07, 6.45) is 0. The summed E-state index contributed by atoms with van der Waals surface area (Å²) in [6, 6.07) is 0. The van der Waals surface area contributed by atoms with Crippen molar-refractivity contribution >= 4 is 33.8 Å². The van der Waals surface area contributed by atoms with E-state index in [4.69, 9.17) is 10.5 Å². The molecular formula is C12H20N4O3S. The molecule has 0 saturated heterocycles. The highest BCUT2D eigenvalue weighted by Gasteiger charge is 2.24. The van der Waals surface area contributed by atoms with Gasteiger partial charge in [0.25, 0.3) is 11.8 Å². The minimum Gasteiger partial charge on any atom is -0.397 e. The van der Waals surface area contributed by atoms with Gasteiger partial charge in [0.1, 0.15) is 9.88 Å². The van der Waals surface area contributed by atoms with Gasteiger partial charge in [-0.2, -0.15) is 0 Å². The van der Waals surface area contributed by atoms with Crippen molar-refractivity contribution in [1.29, 1.82) is 0 Å². The fraction of sp³-hybridized carbons (Fsp3) is 0.500. The minimum atomic E-state index is -0.326. The fourth-order valence-electron chi connectivity index (χ4n) is 1.58. The number of amides is 2. The third-order valence-corrected chi connectivity index (χ3v) is 3.73. The summed E-state index contributed by atoms with van der Waals surface area (Å²) in [5.74, 6) is -0.636. The maximum atomic E-state index is 11.9. The van der Waals surface area contributed by atoms with Crippen LogP contribution in [0.5, 0.6) is 0 Å². The van der Waals surface area contributed by atoms with E-state index in [0.29, 0.717) is 35.2 Å². The lowest BCUT2D eigenvalue weighted by Crippen LogP contribution is -2.22. The van der Waals surface area contributed by atoms with Crippen LogP contribution in [0.25, 0.3) is 0 Å². The first-order chi connectivity index (χ1) is 9.56. The first kappa shape index (κ1) is 16.3. The van der Waals surface area contributed by atoms with Crippen LogP contribution >= 0.6 is 11.3 Å². The largest absolute Gasteiger partial charge is 0.397 e. The predicted octanol–water partition coefficient (Wildman–Crippen LogP) is 0.498. The van der Waals surface area contributed by atoms with Crippen molar-refractivity contribution in [2.24, 2.45) is 0 Å². The maximum absolute atomic E-state index is 11.9. The molecule has 0 spiro atoms. The fourth-order valence-corrected chi connectivity index (χ4v) is 2.67. The van der Waals surface area contributed by atoms with Crippen molar-refractivity contribution in [2.45, 2.75) is 6.92 Å². The van der Waals surface area contributed by atoms with E-state index < -0.39 is 0 Å². The zero-order valence-corrected chi connectivity index (χ0v) is 12.6. The Labute approximate surface area is 121 Å². The van der Waals surface area contributed by atoms with Crippen molar-refractivity contribution < 1.29 is 14.3 Å². The second kappa shape index (κ2) is 7.71. The maximum Gasteiger partial charge on any atom is 0.263 e. The molecule has 20 heavy (non-hydrogen) atoms. The van der Waals surface area contributed by atoms with Crippen LogP contribution in [0, 0.1) is 0 Å². The Morgan fingerprint density at radius 3 is 2.45 bits per heavy atom. The van der Waals surface area contributed by atoms with Gasteiger partial charge in [-0.1, -0.05) is 0 Å². The summed E-state index contributed by atoms with van der Waals surface area (Å²) in [7, 11) is 3.03. The van der Waals surface area contributed by atoms with Crippen LogP contribution in [0.3, 0.4) is 0 Å². The Balaban J connectivity index is 3.01. The van der Waals surface area contributed by atoms with Crippen molar-refractivity contribution in [3.05, 3.63) is 10.4 Å². The van der Waals surface area contributed by atoms with Gasteiger partial charge in [-0.05, 0) is 6.92 Å². The molecule has 1 aromatic heterocycles. The molecule has 0 atom stereocenters. The van der Waals surface area contributed by atoms with Gasteiger partial charge in [-0.3, -0.25) is 9.59 Å². The van der Waals surface area contributed by atoms with Gasteiger partial charge < -0.3 is 26.4 Å². The molecule has 0 unspecified atom stereocenters. The number of rotatable bonds is 7. The average molecular weight is 300 g/mol. The van der Waals surface area contributed by atoms with E-state index in [-0.39, 0.29) is 17.5 Å². The van der Waals surface area contributed by atoms with Crippen molar-refractivity contribution in [3.8, 4) is 0 Å². The Hall–Kier alpha value is -1.80. The molecule has 0 aliphatic heterocycles. The lowest BCUT2D eigenvalue weighted by Gasteiger charge is -2.07. The molecule has 8 heteroatoms. The monoisotopic (exact) mass is 300 g/mol. The summed E-state index contributed by atoms with van der Waals surface area (Å²) in [4.78, 5) is 23.9. The zero-order chi connectivity index (χ0) is 15.1. The topological polar surface area (TPSA) is 105 Å². The van der Waals surface area contributed by atoms with Crippen LogP contribution in [-0.4, -0.2) is 45.7 Å². The standard InChI is InChI=1S/C12H20N4O3S/c1-4-19-6-5-16-12-7(10(17)14-2)8(13)9(20-12)11(18)15-3/h16H,4-6,13H2,1-3H3,(H,14,17)(H,15,18). The molecule has 2 amide bonds.